The third kappa shape index (κ3) is 3.85. The van der Waals surface area contributed by atoms with Crippen molar-refractivity contribution >= 4 is 33.2 Å². The van der Waals surface area contributed by atoms with E-state index in [9.17, 15) is 4.79 Å². The molecule has 0 atom stereocenters. The summed E-state index contributed by atoms with van der Waals surface area (Å²) in [5.74, 6) is -0.146. The van der Waals surface area contributed by atoms with Gasteiger partial charge in [-0.25, -0.2) is 0 Å². The fourth-order valence-corrected chi connectivity index (χ4v) is 2.90. The van der Waals surface area contributed by atoms with Crippen molar-refractivity contribution in [1.82, 2.24) is 0 Å². The van der Waals surface area contributed by atoms with Gasteiger partial charge in [-0.15, -0.1) is 11.3 Å². The van der Waals surface area contributed by atoms with Crippen LogP contribution in [0.3, 0.4) is 0 Å². The molecule has 1 heterocycles. The molecule has 0 aliphatic heterocycles. The molecule has 2 aromatic rings. The number of benzene rings is 1. The van der Waals surface area contributed by atoms with E-state index < -0.39 is 5.97 Å². The molecule has 0 saturated carbocycles. The normalized spacial score (nSPS) is 10.3. The number of carboxylic acids is 1. The maximum Gasteiger partial charge on any atom is 0.307 e. The Labute approximate surface area is 117 Å². The highest BCUT2D eigenvalue weighted by Crippen LogP contribution is 2.23. The molecule has 0 unspecified atom stereocenters. The lowest BCUT2D eigenvalue weighted by atomic mass is 10.1. The number of ether oxygens (including phenoxy) is 1. The Hall–Kier alpha value is -1.33. The number of hydrogen-bond donors (Lipinski definition) is 1. The van der Waals surface area contributed by atoms with E-state index >= 15 is 0 Å². The first-order valence-electron chi connectivity index (χ1n) is 5.31. The van der Waals surface area contributed by atoms with Crippen molar-refractivity contribution in [2.24, 2.45) is 0 Å². The molecule has 0 aliphatic carbocycles. The van der Waals surface area contributed by atoms with E-state index in [0.29, 0.717) is 12.4 Å². The third-order valence-corrected chi connectivity index (χ3v) is 3.86. The SMILES string of the molecule is O=C(O)Cc1cccc(OCc2ccc(Br)s2)c1. The number of halogens is 1. The first-order chi connectivity index (χ1) is 8.63. The molecule has 1 aromatic heterocycles. The molecule has 0 bridgehead atoms. The fourth-order valence-electron chi connectivity index (χ4n) is 1.50. The Bertz CT molecular complexity index is 551. The summed E-state index contributed by atoms with van der Waals surface area (Å²) in [6.45, 7) is 0.493. The van der Waals surface area contributed by atoms with E-state index in [1.54, 1.807) is 29.5 Å². The lowest BCUT2D eigenvalue weighted by Crippen LogP contribution is -2.00. The van der Waals surface area contributed by atoms with Crippen molar-refractivity contribution < 1.29 is 14.6 Å². The predicted molar refractivity (Wildman–Crippen MR) is 74.1 cm³/mol. The Morgan fingerprint density at radius 2 is 2.17 bits per heavy atom. The minimum atomic E-state index is -0.839. The maximum absolute atomic E-state index is 10.6. The van der Waals surface area contributed by atoms with Gasteiger partial charge >= 0.3 is 5.97 Å². The smallest absolute Gasteiger partial charge is 0.307 e. The molecule has 18 heavy (non-hydrogen) atoms. The number of aliphatic carboxylic acids is 1. The van der Waals surface area contributed by atoms with Gasteiger partial charge in [0.15, 0.2) is 0 Å². The van der Waals surface area contributed by atoms with Crippen molar-refractivity contribution in [2.75, 3.05) is 0 Å². The van der Waals surface area contributed by atoms with Gasteiger partial charge in [0.05, 0.1) is 10.2 Å². The van der Waals surface area contributed by atoms with Crippen molar-refractivity contribution in [3.63, 3.8) is 0 Å². The highest BCUT2D eigenvalue weighted by molar-refractivity contribution is 9.11. The Morgan fingerprint density at radius 3 is 2.83 bits per heavy atom. The Balaban J connectivity index is 1.98. The highest BCUT2D eigenvalue weighted by Gasteiger charge is 2.03. The van der Waals surface area contributed by atoms with E-state index in [1.807, 2.05) is 18.2 Å². The van der Waals surface area contributed by atoms with Crippen LogP contribution in [0.15, 0.2) is 40.2 Å². The zero-order chi connectivity index (χ0) is 13.0. The number of hydrogen-bond acceptors (Lipinski definition) is 3. The highest BCUT2D eigenvalue weighted by atomic mass is 79.9. The summed E-state index contributed by atoms with van der Waals surface area (Å²) in [7, 11) is 0. The summed E-state index contributed by atoms with van der Waals surface area (Å²) in [5.41, 5.74) is 0.743. The largest absolute Gasteiger partial charge is 0.488 e. The summed E-state index contributed by atoms with van der Waals surface area (Å²) in [5, 5.41) is 8.72. The summed E-state index contributed by atoms with van der Waals surface area (Å²) < 4.78 is 6.69. The van der Waals surface area contributed by atoms with Crippen molar-refractivity contribution in [1.29, 1.82) is 0 Å². The summed E-state index contributed by atoms with van der Waals surface area (Å²) in [6, 6.07) is 11.1. The molecular formula is C13H11BrO3S. The minimum absolute atomic E-state index is 0.0156. The van der Waals surface area contributed by atoms with Crippen LogP contribution in [0.1, 0.15) is 10.4 Å². The van der Waals surface area contributed by atoms with Crippen LogP contribution in [-0.2, 0) is 17.8 Å². The van der Waals surface area contributed by atoms with Crippen LogP contribution in [0.25, 0.3) is 0 Å². The maximum atomic E-state index is 10.6. The quantitative estimate of drug-likeness (QED) is 0.910. The van der Waals surface area contributed by atoms with Crippen LogP contribution in [0.4, 0.5) is 0 Å². The summed E-state index contributed by atoms with van der Waals surface area (Å²) >= 11 is 5.01. The molecule has 0 amide bonds. The molecule has 0 saturated heterocycles. The molecular weight excluding hydrogens is 316 g/mol. The molecule has 1 aromatic carbocycles. The molecule has 1 N–H and O–H groups in total. The first kappa shape index (κ1) is 13.1. The Morgan fingerprint density at radius 1 is 1.33 bits per heavy atom. The zero-order valence-corrected chi connectivity index (χ0v) is 11.8. The standard InChI is InChI=1S/C13H11BrO3S/c14-12-5-4-11(18-12)8-17-10-3-1-2-9(6-10)7-13(15)16/h1-6H,7-8H2,(H,15,16). The summed E-state index contributed by atoms with van der Waals surface area (Å²) in [4.78, 5) is 11.7. The average molecular weight is 327 g/mol. The van der Waals surface area contributed by atoms with Crippen LogP contribution in [0, 0.1) is 0 Å². The number of thiophene rings is 1. The molecule has 0 fully saturated rings. The molecule has 0 radical (unpaired) electrons. The monoisotopic (exact) mass is 326 g/mol. The average Bonchev–Trinajstić information content (AvgIpc) is 2.72. The number of carboxylic acid groups (broad SMARTS) is 1. The van der Waals surface area contributed by atoms with Gasteiger partial charge in [-0.1, -0.05) is 12.1 Å². The third-order valence-electron chi connectivity index (χ3n) is 2.26. The lowest BCUT2D eigenvalue weighted by molar-refractivity contribution is -0.136. The van der Waals surface area contributed by atoms with Crippen LogP contribution in [-0.4, -0.2) is 11.1 Å². The van der Waals surface area contributed by atoms with Crippen molar-refractivity contribution in [3.8, 4) is 5.75 Å². The van der Waals surface area contributed by atoms with E-state index in [1.165, 1.54) is 0 Å². The zero-order valence-electron chi connectivity index (χ0n) is 9.43. The first-order valence-corrected chi connectivity index (χ1v) is 6.92. The number of rotatable bonds is 5. The molecule has 0 spiro atoms. The predicted octanol–water partition coefficient (Wildman–Crippen LogP) is 3.72. The fraction of sp³-hybridized carbons (Fsp3) is 0.154. The van der Waals surface area contributed by atoms with Gasteiger partial charge in [-0.2, -0.15) is 0 Å². The molecule has 94 valence electrons. The molecule has 3 nitrogen and oxygen atoms in total. The lowest BCUT2D eigenvalue weighted by Gasteiger charge is -2.06. The van der Waals surface area contributed by atoms with Gasteiger partial charge in [-0.3, -0.25) is 4.79 Å². The van der Waals surface area contributed by atoms with Crippen molar-refractivity contribution in [2.45, 2.75) is 13.0 Å². The van der Waals surface area contributed by atoms with Gasteiger partial charge in [0.1, 0.15) is 12.4 Å². The van der Waals surface area contributed by atoms with Crippen LogP contribution in [0.5, 0.6) is 5.75 Å². The topological polar surface area (TPSA) is 46.5 Å². The van der Waals surface area contributed by atoms with Crippen molar-refractivity contribution in [3.05, 3.63) is 50.6 Å². The molecule has 2 rings (SSSR count). The van der Waals surface area contributed by atoms with Gasteiger partial charge in [0.2, 0.25) is 0 Å². The van der Waals surface area contributed by atoms with Gasteiger partial charge in [0, 0.05) is 4.88 Å². The van der Waals surface area contributed by atoms with Gasteiger partial charge in [0.25, 0.3) is 0 Å². The summed E-state index contributed by atoms with van der Waals surface area (Å²) in [6.07, 6.45) is 0.0156. The van der Waals surface area contributed by atoms with E-state index in [0.717, 1.165) is 14.2 Å². The second-order valence-electron chi connectivity index (χ2n) is 3.71. The van der Waals surface area contributed by atoms with Gasteiger partial charge < -0.3 is 9.84 Å². The number of carbonyl (C=O) groups is 1. The molecule has 0 aliphatic rings. The molecule has 5 heteroatoms. The van der Waals surface area contributed by atoms with E-state index in [2.05, 4.69) is 15.9 Å². The van der Waals surface area contributed by atoms with Gasteiger partial charge in [-0.05, 0) is 45.8 Å². The second kappa shape index (κ2) is 6.02. The van der Waals surface area contributed by atoms with E-state index in [4.69, 9.17) is 9.84 Å². The minimum Gasteiger partial charge on any atom is -0.488 e. The van der Waals surface area contributed by atoms with Crippen LogP contribution in [0.2, 0.25) is 0 Å². The Kier molecular flexibility index (Phi) is 4.38. The second-order valence-corrected chi connectivity index (χ2v) is 6.26. The van der Waals surface area contributed by atoms with E-state index in [-0.39, 0.29) is 6.42 Å². The van der Waals surface area contributed by atoms with Crippen LogP contribution < -0.4 is 4.74 Å². The van der Waals surface area contributed by atoms with Crippen LogP contribution >= 0.6 is 27.3 Å².